The van der Waals surface area contributed by atoms with Gasteiger partial charge in [-0.05, 0) is 82.2 Å². The average molecular weight is 544 g/mol. The molecule has 1 heterocycles. The lowest BCUT2D eigenvalue weighted by Crippen LogP contribution is -2.29. The lowest BCUT2D eigenvalue weighted by Gasteiger charge is -2.11. The van der Waals surface area contributed by atoms with Crippen LogP contribution in [-0.4, -0.2) is 36.3 Å². The van der Waals surface area contributed by atoms with Crippen molar-refractivity contribution >= 4 is 63.2 Å². The van der Waals surface area contributed by atoms with Crippen molar-refractivity contribution in [1.29, 1.82) is 0 Å². The van der Waals surface area contributed by atoms with Gasteiger partial charge in [0.25, 0.3) is 11.1 Å². The highest BCUT2D eigenvalue weighted by molar-refractivity contribution is 14.1. The number of ether oxygens (including phenoxy) is 2. The van der Waals surface area contributed by atoms with Gasteiger partial charge in [-0.2, -0.15) is 0 Å². The lowest BCUT2D eigenvalue weighted by molar-refractivity contribution is -0.122. The Balaban J connectivity index is 1.65. The molecular formula is C21H19ClINO4S. The molecule has 0 saturated carbocycles. The van der Waals surface area contributed by atoms with E-state index in [-0.39, 0.29) is 11.1 Å². The largest absolute Gasteiger partial charge is 0.488 e. The Kier molecular flexibility index (Phi) is 7.99. The lowest BCUT2D eigenvalue weighted by atomic mass is 10.2. The summed E-state index contributed by atoms with van der Waals surface area (Å²) >= 11 is 9.06. The molecular weight excluding hydrogens is 525 g/mol. The zero-order chi connectivity index (χ0) is 20.8. The molecule has 0 atom stereocenters. The smallest absolute Gasteiger partial charge is 0.293 e. The molecule has 5 nitrogen and oxygen atoms in total. The van der Waals surface area contributed by atoms with E-state index in [0.29, 0.717) is 36.1 Å². The molecule has 1 saturated heterocycles. The van der Waals surface area contributed by atoms with Gasteiger partial charge in [0, 0.05) is 25.3 Å². The van der Waals surface area contributed by atoms with Crippen LogP contribution in [0.4, 0.5) is 4.79 Å². The van der Waals surface area contributed by atoms with E-state index in [4.69, 9.17) is 21.1 Å². The number of halogens is 2. The Bertz CT molecular complexity index is 933. The van der Waals surface area contributed by atoms with Crippen molar-refractivity contribution in [3.63, 3.8) is 0 Å². The van der Waals surface area contributed by atoms with Crippen molar-refractivity contribution in [3.05, 3.63) is 67.1 Å². The fraction of sp³-hybridized carbons (Fsp3) is 0.238. The molecule has 1 aliphatic rings. The third-order valence-corrected chi connectivity index (χ3v) is 6.17. The quantitative estimate of drug-likeness (QED) is 0.247. The molecule has 0 radical (unpaired) electrons. The number of rotatable bonds is 8. The van der Waals surface area contributed by atoms with Crippen molar-refractivity contribution in [2.45, 2.75) is 13.0 Å². The number of hydrogen-bond donors (Lipinski definition) is 0. The van der Waals surface area contributed by atoms with E-state index in [9.17, 15) is 9.59 Å². The molecule has 0 unspecified atom stereocenters. The third-order valence-electron chi connectivity index (χ3n) is 4.17. The Labute approximate surface area is 192 Å². The van der Waals surface area contributed by atoms with E-state index < -0.39 is 0 Å². The number of thioether (sulfide) groups is 1. The summed E-state index contributed by atoms with van der Waals surface area (Å²) in [4.78, 5) is 26.3. The van der Waals surface area contributed by atoms with E-state index >= 15 is 0 Å². The maximum absolute atomic E-state index is 12.5. The molecule has 1 fully saturated rings. The van der Waals surface area contributed by atoms with Gasteiger partial charge < -0.3 is 9.47 Å². The van der Waals surface area contributed by atoms with E-state index in [2.05, 4.69) is 22.6 Å². The average Bonchev–Trinajstić information content (AvgIpc) is 2.96. The summed E-state index contributed by atoms with van der Waals surface area (Å²) in [5, 5.41) is 0.450. The van der Waals surface area contributed by atoms with Gasteiger partial charge in [-0.15, -0.1) is 0 Å². The molecule has 1 aliphatic heterocycles. The molecule has 0 N–H and O–H groups in total. The molecule has 0 spiro atoms. The first-order chi connectivity index (χ1) is 14.0. The van der Waals surface area contributed by atoms with Crippen molar-refractivity contribution in [2.75, 3.05) is 20.3 Å². The van der Waals surface area contributed by atoms with Crippen LogP contribution in [0.5, 0.6) is 5.75 Å². The van der Waals surface area contributed by atoms with Crippen molar-refractivity contribution in [2.24, 2.45) is 0 Å². The number of carbonyl (C=O) groups is 2. The highest BCUT2D eigenvalue weighted by atomic mass is 127. The van der Waals surface area contributed by atoms with E-state index in [1.165, 1.54) is 4.90 Å². The van der Waals surface area contributed by atoms with Crippen molar-refractivity contribution in [1.82, 2.24) is 4.90 Å². The number of carbonyl (C=O) groups excluding carboxylic acids is 2. The maximum Gasteiger partial charge on any atom is 0.293 e. The molecule has 3 rings (SSSR count). The second kappa shape index (κ2) is 10.5. The first-order valence-corrected chi connectivity index (χ1v) is 11.2. The van der Waals surface area contributed by atoms with Crippen LogP contribution >= 0.6 is 46.0 Å². The molecule has 2 aromatic rings. The standard InChI is InChI=1S/C21H19ClINO4S/c1-27-10-2-9-24-20(25)19(29-21(24)26)12-15-5-8-18(17(23)11-15)28-13-14-3-6-16(22)7-4-14/h3-8,11-12H,2,9-10,13H2,1H3/b19-12+. The van der Waals surface area contributed by atoms with E-state index in [1.807, 2.05) is 42.5 Å². The normalized spacial score (nSPS) is 15.4. The molecule has 152 valence electrons. The predicted octanol–water partition coefficient (Wildman–Crippen LogP) is 5.60. The number of amides is 2. The summed E-state index contributed by atoms with van der Waals surface area (Å²) in [7, 11) is 1.60. The minimum Gasteiger partial charge on any atom is -0.488 e. The zero-order valence-electron chi connectivity index (χ0n) is 15.7. The molecule has 0 bridgehead atoms. The van der Waals surface area contributed by atoms with Gasteiger partial charge in [0.15, 0.2) is 0 Å². The summed E-state index contributed by atoms with van der Waals surface area (Å²) in [6, 6.07) is 13.2. The molecule has 2 amide bonds. The van der Waals surface area contributed by atoms with Gasteiger partial charge in [0.2, 0.25) is 0 Å². The third kappa shape index (κ3) is 5.97. The number of methoxy groups -OCH3 is 1. The minimum atomic E-state index is -0.255. The monoisotopic (exact) mass is 543 g/mol. The molecule has 8 heteroatoms. The highest BCUT2D eigenvalue weighted by Gasteiger charge is 2.34. The van der Waals surface area contributed by atoms with Gasteiger partial charge >= 0.3 is 0 Å². The van der Waals surface area contributed by atoms with Gasteiger partial charge in [0.05, 0.1) is 8.48 Å². The second-order valence-corrected chi connectivity index (χ2v) is 8.88. The first kappa shape index (κ1) is 22.1. The molecule has 0 aliphatic carbocycles. The minimum absolute atomic E-state index is 0.241. The molecule has 29 heavy (non-hydrogen) atoms. The fourth-order valence-electron chi connectivity index (χ4n) is 2.68. The number of hydrogen-bond acceptors (Lipinski definition) is 5. The Morgan fingerprint density at radius 3 is 2.62 bits per heavy atom. The molecule has 2 aromatic carbocycles. The summed E-state index contributed by atoms with van der Waals surface area (Å²) in [6.07, 6.45) is 2.37. The summed E-state index contributed by atoms with van der Waals surface area (Å²) < 4.78 is 11.8. The van der Waals surface area contributed by atoms with Crippen LogP contribution in [0.25, 0.3) is 6.08 Å². The number of benzene rings is 2. The Morgan fingerprint density at radius 2 is 1.93 bits per heavy atom. The first-order valence-electron chi connectivity index (χ1n) is 8.89. The maximum atomic E-state index is 12.5. The van der Waals surface area contributed by atoms with Gasteiger partial charge in [0.1, 0.15) is 12.4 Å². The predicted molar refractivity (Wildman–Crippen MR) is 124 cm³/mol. The Hall–Kier alpha value is -1.55. The van der Waals surface area contributed by atoms with Gasteiger partial charge in [-0.1, -0.05) is 29.8 Å². The summed E-state index contributed by atoms with van der Waals surface area (Å²) in [5.74, 6) is 0.500. The fourth-order valence-corrected chi connectivity index (χ4v) is 4.36. The summed E-state index contributed by atoms with van der Waals surface area (Å²) in [6.45, 7) is 1.31. The Morgan fingerprint density at radius 1 is 1.17 bits per heavy atom. The zero-order valence-corrected chi connectivity index (χ0v) is 19.4. The van der Waals surface area contributed by atoms with Crippen LogP contribution in [0.3, 0.4) is 0 Å². The van der Waals surface area contributed by atoms with E-state index in [1.54, 1.807) is 13.2 Å². The number of imide groups is 1. The van der Waals surface area contributed by atoms with Gasteiger partial charge in [-0.3, -0.25) is 14.5 Å². The summed E-state index contributed by atoms with van der Waals surface area (Å²) in [5.41, 5.74) is 1.87. The van der Waals surface area contributed by atoms with Crippen LogP contribution in [0.2, 0.25) is 5.02 Å². The van der Waals surface area contributed by atoms with Gasteiger partial charge in [-0.25, -0.2) is 0 Å². The number of nitrogens with zero attached hydrogens (tertiary/aromatic N) is 1. The van der Waals surface area contributed by atoms with Crippen LogP contribution in [0, 0.1) is 3.57 Å². The van der Waals surface area contributed by atoms with Crippen LogP contribution in [0.1, 0.15) is 17.5 Å². The van der Waals surface area contributed by atoms with Crippen LogP contribution in [0.15, 0.2) is 47.4 Å². The topological polar surface area (TPSA) is 55.8 Å². The van der Waals surface area contributed by atoms with Crippen molar-refractivity contribution in [3.8, 4) is 5.75 Å². The van der Waals surface area contributed by atoms with Crippen LogP contribution < -0.4 is 4.74 Å². The second-order valence-electron chi connectivity index (χ2n) is 6.28. The SMILES string of the molecule is COCCCN1C(=O)S/C(=C/c2ccc(OCc3ccc(Cl)cc3)c(I)c2)C1=O. The molecule has 0 aromatic heterocycles. The van der Waals surface area contributed by atoms with E-state index in [0.717, 1.165) is 32.2 Å². The van der Waals surface area contributed by atoms with Crippen LogP contribution in [-0.2, 0) is 16.1 Å². The van der Waals surface area contributed by atoms with Crippen molar-refractivity contribution < 1.29 is 19.1 Å². The highest BCUT2D eigenvalue weighted by Crippen LogP contribution is 2.33.